The van der Waals surface area contributed by atoms with Gasteiger partial charge >= 0.3 is 0 Å². The van der Waals surface area contributed by atoms with Crippen molar-refractivity contribution in [3.8, 4) is 45.6 Å². The van der Waals surface area contributed by atoms with E-state index < -0.39 is 0 Å². The maximum Gasteiger partial charge on any atom is 0.298 e. The van der Waals surface area contributed by atoms with Crippen LogP contribution in [0.15, 0.2) is 208 Å². The molecule has 3 saturated heterocycles. The van der Waals surface area contributed by atoms with E-state index in [2.05, 4.69) is 89.4 Å². The number of hydrogen-bond donors (Lipinski definition) is 4. The molecule has 15 rings (SSSR count). The van der Waals surface area contributed by atoms with E-state index in [0.29, 0.717) is 60.3 Å². The number of carbonyl (C=O) groups excluding carboxylic acids is 6. The monoisotopic (exact) mass is 1440 g/mol. The largest absolute Gasteiger partial charge is 0.338 e. The van der Waals surface area contributed by atoms with Gasteiger partial charge in [-0.3, -0.25) is 62.2 Å². The number of hydrogen-bond acceptors (Lipinski definition) is 16. The lowest BCUT2D eigenvalue weighted by Gasteiger charge is -2.31. The van der Waals surface area contributed by atoms with E-state index in [1.165, 1.54) is 12.2 Å². The lowest BCUT2D eigenvalue weighted by molar-refractivity contribution is -0.126. The standard InChI is InChI=1S/C28H26N6O2.C27H26N6O2.C26H24N6O2.3CH4/c1-3-7-25(35)33-15-6-8-22(18-33)27-32-26(23-17-29-16-19(2)34(23)27)20-10-12-21(13-11-20)28(36)31-24-9-4-5-14-30-24;1-3-23(34)20-7-6-8-21(30-20)26-32-25(22-16-28-15-17(2)33(22)26)18-10-12-19(13-11-18)27(35)31-24-9-4-5-14-29-24;1-3-23(33)31-13-11-20(16-31)25-30-24(21-15-27-14-17(2)32(21)25)18-7-9-19(10-8-18)26(34)29-22-6-4-5-12-28-22;;;/h4-5,9-14,16-17,22H,6,8,15,18H2,1-2H3,(H,30,31,36);3-5,9-16,20-21,30H,1,6-8H2,2H3,(H,29,31,35);3-10,12,14-15,20H,1,11,13,16H2,2H3,(H,28,29,34);3*1H4/t22-;20?,21-;20-;;;/m101.../s1. The molecule has 0 aliphatic carbocycles. The zero-order valence-corrected chi connectivity index (χ0v) is 58.5. The maximum absolute atomic E-state index is 12.6. The van der Waals surface area contributed by atoms with Gasteiger partial charge in [0.15, 0.2) is 5.78 Å². The van der Waals surface area contributed by atoms with Crippen molar-refractivity contribution in [3.63, 3.8) is 0 Å². The topological polar surface area (TPSA) is 286 Å². The van der Waals surface area contributed by atoms with Crippen LogP contribution in [0.5, 0.6) is 0 Å². The third kappa shape index (κ3) is 17.0. The third-order valence-electron chi connectivity index (χ3n) is 18.8. The van der Waals surface area contributed by atoms with Crippen molar-refractivity contribution >= 4 is 69.3 Å². The van der Waals surface area contributed by atoms with Crippen LogP contribution in [0.4, 0.5) is 17.5 Å². The molecule has 0 bridgehead atoms. The Morgan fingerprint density at radius 2 is 0.880 bits per heavy atom. The van der Waals surface area contributed by atoms with Crippen LogP contribution < -0.4 is 21.3 Å². The quantitative estimate of drug-likeness (QED) is 0.0548. The molecule has 24 heteroatoms. The fourth-order valence-electron chi connectivity index (χ4n) is 13.6. The van der Waals surface area contributed by atoms with E-state index in [1.54, 1.807) is 105 Å². The third-order valence-corrected chi connectivity index (χ3v) is 18.8. The molecule has 24 nitrogen and oxygen atoms in total. The van der Waals surface area contributed by atoms with Crippen molar-refractivity contribution in [2.24, 2.45) is 0 Å². The summed E-state index contributed by atoms with van der Waals surface area (Å²) in [5, 5.41) is 11.9. The molecule has 3 aliphatic heterocycles. The predicted octanol–water partition coefficient (Wildman–Crippen LogP) is 14.1. The normalized spacial score (nSPS) is 15.7. The highest BCUT2D eigenvalue weighted by molar-refractivity contribution is 6.06. The molecular formula is C84H88N18O6. The number of aromatic nitrogens is 12. The first-order valence-electron chi connectivity index (χ1n) is 34.7. The highest BCUT2D eigenvalue weighted by Gasteiger charge is 2.34. The van der Waals surface area contributed by atoms with Gasteiger partial charge in [0.1, 0.15) is 34.9 Å². The van der Waals surface area contributed by atoms with Gasteiger partial charge in [-0.1, -0.05) is 96.0 Å². The van der Waals surface area contributed by atoms with Gasteiger partial charge in [-0.15, -0.1) is 0 Å². The fraction of sp³-hybridized carbons (Fsp3) is 0.250. The predicted molar refractivity (Wildman–Crippen MR) is 421 cm³/mol. The van der Waals surface area contributed by atoms with Crippen LogP contribution in [0.2, 0.25) is 0 Å². The highest BCUT2D eigenvalue weighted by atomic mass is 16.2. The van der Waals surface area contributed by atoms with Crippen LogP contribution >= 0.6 is 0 Å². The zero-order chi connectivity index (χ0) is 73.1. The Hall–Kier alpha value is -13.0. The number of nitrogens with zero attached hydrogens (tertiary/aromatic N) is 14. The number of piperidine rings is 2. The van der Waals surface area contributed by atoms with Crippen LogP contribution in [0.1, 0.15) is 151 Å². The van der Waals surface area contributed by atoms with E-state index in [9.17, 15) is 28.8 Å². The molecule has 9 aromatic heterocycles. The number of benzene rings is 3. The summed E-state index contributed by atoms with van der Waals surface area (Å²) in [6.45, 7) is 17.5. The molecular weight excluding hydrogens is 1360 g/mol. The number of aryl methyl sites for hydroxylation is 3. The molecule has 1 unspecified atom stereocenters. The Morgan fingerprint density at radius 1 is 0.472 bits per heavy atom. The molecule has 5 amide bonds. The van der Waals surface area contributed by atoms with Gasteiger partial charge in [0.05, 0.1) is 64.3 Å². The lowest BCUT2D eigenvalue weighted by atomic mass is 9.95. The summed E-state index contributed by atoms with van der Waals surface area (Å²) in [4.78, 5) is 119. The Bertz CT molecular complexity index is 5300. The van der Waals surface area contributed by atoms with Gasteiger partial charge in [-0.25, -0.2) is 29.9 Å². The Balaban J connectivity index is 0.000000171. The summed E-state index contributed by atoms with van der Waals surface area (Å²) in [6.07, 6.45) is 23.8. The maximum atomic E-state index is 12.6. The van der Waals surface area contributed by atoms with Gasteiger partial charge < -0.3 is 25.8 Å². The Kier molecular flexibility index (Phi) is 25.3. The van der Waals surface area contributed by atoms with Gasteiger partial charge in [-0.2, -0.15) is 0 Å². The number of likely N-dealkylation sites (tertiary alicyclic amines) is 2. The summed E-state index contributed by atoms with van der Waals surface area (Å²) in [7, 11) is 0. The average Bonchev–Trinajstić information content (AvgIpc) is 1.62. The fourth-order valence-corrected chi connectivity index (χ4v) is 13.6. The number of anilines is 3. The number of imidazole rings is 3. The van der Waals surface area contributed by atoms with Gasteiger partial charge in [-0.05, 0) is 157 Å². The molecule has 3 aromatic carbocycles. The smallest absolute Gasteiger partial charge is 0.298 e. The van der Waals surface area contributed by atoms with Crippen LogP contribution in [-0.2, 0) is 14.4 Å². The minimum absolute atomic E-state index is 0. The molecule has 4 N–H and O–H groups in total. The second-order valence-corrected chi connectivity index (χ2v) is 25.8. The molecule has 0 radical (unpaired) electrons. The van der Waals surface area contributed by atoms with Crippen molar-refractivity contribution < 1.29 is 28.8 Å². The van der Waals surface area contributed by atoms with Crippen molar-refractivity contribution in [1.29, 1.82) is 0 Å². The summed E-state index contributed by atoms with van der Waals surface area (Å²) >= 11 is 0. The lowest BCUT2D eigenvalue weighted by Crippen LogP contribution is -2.42. The number of amides is 5. The van der Waals surface area contributed by atoms with E-state index >= 15 is 0 Å². The van der Waals surface area contributed by atoms with E-state index in [0.717, 1.165) is 123 Å². The molecule has 4 atom stereocenters. The van der Waals surface area contributed by atoms with E-state index in [-0.39, 0.29) is 81.5 Å². The molecule has 12 aromatic rings. The number of nitrogens with one attached hydrogen (secondary N) is 4. The zero-order valence-electron chi connectivity index (χ0n) is 58.5. The number of fused-ring (bicyclic) bond motifs is 3. The first kappa shape index (κ1) is 77.6. The minimum Gasteiger partial charge on any atom is -0.338 e. The average molecular weight is 1450 g/mol. The number of carbonyl (C=O) groups is 6. The molecule has 0 saturated carbocycles. The van der Waals surface area contributed by atoms with Gasteiger partial charge in [0.25, 0.3) is 23.6 Å². The van der Waals surface area contributed by atoms with Gasteiger partial charge in [0.2, 0.25) is 5.91 Å². The number of rotatable bonds is 15. The summed E-state index contributed by atoms with van der Waals surface area (Å²) in [5.74, 6) is 8.91. The molecule has 550 valence electrons. The van der Waals surface area contributed by atoms with Crippen LogP contribution in [0, 0.1) is 32.6 Å². The van der Waals surface area contributed by atoms with Crippen molar-refractivity contribution in [2.45, 2.75) is 112 Å². The second-order valence-electron chi connectivity index (χ2n) is 25.8. The van der Waals surface area contributed by atoms with E-state index in [1.807, 2.05) is 116 Å². The first-order valence-corrected chi connectivity index (χ1v) is 34.7. The van der Waals surface area contributed by atoms with Crippen LogP contribution in [0.3, 0.4) is 0 Å². The van der Waals surface area contributed by atoms with Crippen LogP contribution in [-0.4, -0.2) is 135 Å². The van der Waals surface area contributed by atoms with Crippen molar-refractivity contribution in [2.75, 3.05) is 42.1 Å². The SMILES string of the molecule is C.C.C.C=CC(=O)C1CCC[C@@H](c2nc(-c3ccc(C(=O)Nc4ccccn4)cc3)c3cncc(C)n23)N1.C=CC(=O)N1CC[C@@H](c2nc(-c3ccc(C(=O)Nc4ccccn4)cc3)c3cncc(C)n23)C1.CC#CC(=O)N1CCC[C@@H](c2nc(-c3ccc(C(=O)Nc4ccccn4)cc3)c3cncc(C)n23)C1. The number of ketones is 1. The van der Waals surface area contributed by atoms with Crippen molar-refractivity contribution in [1.82, 2.24) is 73.2 Å². The Morgan fingerprint density at radius 3 is 1.28 bits per heavy atom. The number of pyridine rings is 3. The van der Waals surface area contributed by atoms with Gasteiger partial charge in [0, 0.05) is 126 Å². The Labute approximate surface area is 628 Å². The van der Waals surface area contributed by atoms with Crippen LogP contribution in [0.25, 0.3) is 50.3 Å². The highest BCUT2D eigenvalue weighted by Crippen LogP contribution is 2.37. The molecule has 108 heavy (non-hydrogen) atoms. The molecule has 12 heterocycles. The summed E-state index contributed by atoms with van der Waals surface area (Å²) in [6, 6.07) is 37.8. The van der Waals surface area contributed by atoms with Crippen molar-refractivity contribution in [3.05, 3.63) is 260 Å². The van der Waals surface area contributed by atoms with E-state index in [4.69, 9.17) is 15.0 Å². The molecule has 3 aliphatic rings. The first-order chi connectivity index (χ1) is 51.1. The molecule has 3 fully saturated rings. The summed E-state index contributed by atoms with van der Waals surface area (Å²) < 4.78 is 6.35. The summed E-state index contributed by atoms with van der Waals surface area (Å²) in [5.41, 5.74) is 12.2. The second kappa shape index (κ2) is 35.2. The minimum atomic E-state index is -0.249. The molecule has 0 spiro atoms.